The van der Waals surface area contributed by atoms with Crippen molar-refractivity contribution in [2.75, 3.05) is 6.54 Å². The number of piperidine rings is 1. The molecule has 1 amide bonds. The Balaban J connectivity index is 1.66. The first-order chi connectivity index (χ1) is 14.0. The van der Waals surface area contributed by atoms with Gasteiger partial charge in [0.1, 0.15) is 5.82 Å². The fourth-order valence-corrected chi connectivity index (χ4v) is 4.66. The van der Waals surface area contributed by atoms with Crippen LogP contribution in [0.4, 0.5) is 4.39 Å². The molecule has 3 atom stereocenters. The second kappa shape index (κ2) is 8.29. The van der Waals surface area contributed by atoms with Crippen molar-refractivity contribution in [1.82, 2.24) is 9.88 Å². The molecule has 4 rings (SSSR count). The van der Waals surface area contributed by atoms with Crippen LogP contribution in [0, 0.1) is 11.7 Å². The molecule has 1 fully saturated rings. The Hall–Kier alpha value is -2.79. The fraction of sp³-hybridized carbons (Fsp3) is 0.333. The van der Waals surface area contributed by atoms with E-state index in [1.807, 2.05) is 18.5 Å². The Morgan fingerprint density at radius 2 is 2.10 bits per heavy atom. The summed E-state index contributed by atoms with van der Waals surface area (Å²) in [5, 5.41) is 2.31. The summed E-state index contributed by atoms with van der Waals surface area (Å²) in [6, 6.07) is 15.4. The first-order valence-electron chi connectivity index (χ1n) is 10.1. The topological polar surface area (TPSA) is 59.2 Å². The summed E-state index contributed by atoms with van der Waals surface area (Å²) in [5.74, 6) is -0.600. The fourth-order valence-electron chi connectivity index (χ4n) is 4.66. The van der Waals surface area contributed by atoms with Crippen LogP contribution in [-0.4, -0.2) is 28.4 Å². The Kier molecular flexibility index (Phi) is 5.58. The van der Waals surface area contributed by atoms with E-state index in [2.05, 4.69) is 41.1 Å². The van der Waals surface area contributed by atoms with Gasteiger partial charge >= 0.3 is 0 Å². The van der Waals surface area contributed by atoms with Gasteiger partial charge in [0, 0.05) is 35.8 Å². The van der Waals surface area contributed by atoms with Crippen molar-refractivity contribution in [2.45, 2.75) is 38.3 Å². The maximum absolute atomic E-state index is 13.7. The van der Waals surface area contributed by atoms with Crippen molar-refractivity contribution in [3.05, 3.63) is 77.9 Å². The van der Waals surface area contributed by atoms with Gasteiger partial charge in [-0.05, 0) is 67.4 Å². The highest BCUT2D eigenvalue weighted by Gasteiger charge is 2.34. The molecule has 4 nitrogen and oxygen atoms in total. The molecule has 1 saturated heterocycles. The molecule has 3 aromatic rings. The highest BCUT2D eigenvalue weighted by atomic mass is 19.1. The van der Waals surface area contributed by atoms with Crippen LogP contribution in [0.2, 0.25) is 0 Å². The molecular formula is C24H26FN3O. The number of rotatable bonds is 5. The highest BCUT2D eigenvalue weighted by Crippen LogP contribution is 2.35. The van der Waals surface area contributed by atoms with Crippen LogP contribution in [-0.2, 0) is 11.2 Å². The number of nitrogens with zero attached hydrogens (tertiary/aromatic N) is 2. The SMILES string of the molecule is CC(c1cccc2cnccc12)N1CCC(C(N)=O)CC1Cc1cccc(F)c1. The summed E-state index contributed by atoms with van der Waals surface area (Å²) >= 11 is 0. The quantitative estimate of drug-likeness (QED) is 0.708. The molecule has 1 aliphatic rings. The van der Waals surface area contributed by atoms with Gasteiger partial charge in [0.25, 0.3) is 0 Å². The molecule has 0 spiro atoms. The number of nitrogens with two attached hydrogens (primary N) is 1. The lowest BCUT2D eigenvalue weighted by Crippen LogP contribution is -2.47. The standard InChI is InChI=1S/C24H26FN3O/c1-16(22-7-3-5-19-15-27-10-8-23(19)22)28-11-9-18(24(26)29)14-21(28)13-17-4-2-6-20(25)12-17/h2-8,10,12,15-16,18,21H,9,11,13-14H2,1H3,(H2,26,29). The van der Waals surface area contributed by atoms with E-state index in [-0.39, 0.29) is 29.7 Å². The van der Waals surface area contributed by atoms with Gasteiger partial charge in [-0.1, -0.05) is 30.3 Å². The number of carbonyl (C=O) groups is 1. The Morgan fingerprint density at radius 1 is 1.28 bits per heavy atom. The number of aromatic nitrogens is 1. The lowest BCUT2D eigenvalue weighted by atomic mass is 9.85. The third-order valence-electron chi connectivity index (χ3n) is 6.19. The van der Waals surface area contributed by atoms with Crippen molar-refractivity contribution >= 4 is 16.7 Å². The molecule has 0 aliphatic carbocycles. The number of halogens is 1. The summed E-state index contributed by atoms with van der Waals surface area (Å²) in [7, 11) is 0. The zero-order chi connectivity index (χ0) is 20.4. The minimum Gasteiger partial charge on any atom is -0.369 e. The Morgan fingerprint density at radius 3 is 2.90 bits per heavy atom. The van der Waals surface area contributed by atoms with Crippen LogP contribution in [0.5, 0.6) is 0 Å². The molecule has 5 heteroatoms. The van der Waals surface area contributed by atoms with E-state index in [4.69, 9.17) is 5.73 Å². The summed E-state index contributed by atoms with van der Waals surface area (Å²) in [6.07, 6.45) is 5.85. The second-order valence-corrected chi connectivity index (χ2v) is 7.97. The summed E-state index contributed by atoms with van der Waals surface area (Å²) in [4.78, 5) is 18.5. The zero-order valence-electron chi connectivity index (χ0n) is 16.6. The maximum atomic E-state index is 13.7. The van der Waals surface area contributed by atoms with Crippen molar-refractivity contribution in [3.63, 3.8) is 0 Å². The number of primary amides is 1. The smallest absolute Gasteiger partial charge is 0.220 e. The van der Waals surface area contributed by atoms with Crippen LogP contribution in [0.25, 0.3) is 10.8 Å². The molecule has 29 heavy (non-hydrogen) atoms. The molecule has 0 bridgehead atoms. The third-order valence-corrected chi connectivity index (χ3v) is 6.19. The normalized spacial score (nSPS) is 21.2. The number of carbonyl (C=O) groups excluding carboxylic acids is 1. The van der Waals surface area contributed by atoms with Crippen molar-refractivity contribution in [3.8, 4) is 0 Å². The largest absolute Gasteiger partial charge is 0.369 e. The average Bonchev–Trinajstić information content (AvgIpc) is 2.73. The lowest BCUT2D eigenvalue weighted by Gasteiger charge is -2.42. The zero-order valence-corrected chi connectivity index (χ0v) is 16.6. The predicted molar refractivity (Wildman–Crippen MR) is 113 cm³/mol. The van der Waals surface area contributed by atoms with Crippen LogP contribution in [0.1, 0.15) is 36.9 Å². The number of fused-ring (bicyclic) bond motifs is 1. The molecule has 2 aromatic carbocycles. The summed E-state index contributed by atoms with van der Waals surface area (Å²) < 4.78 is 13.7. The number of likely N-dealkylation sites (tertiary alicyclic amines) is 1. The van der Waals surface area contributed by atoms with E-state index < -0.39 is 0 Å². The van der Waals surface area contributed by atoms with Gasteiger partial charge in [-0.15, -0.1) is 0 Å². The van der Waals surface area contributed by atoms with Gasteiger partial charge in [-0.3, -0.25) is 14.7 Å². The van der Waals surface area contributed by atoms with Gasteiger partial charge in [-0.25, -0.2) is 4.39 Å². The summed E-state index contributed by atoms with van der Waals surface area (Å²) in [5.41, 5.74) is 7.82. The van der Waals surface area contributed by atoms with E-state index in [0.717, 1.165) is 23.9 Å². The van der Waals surface area contributed by atoms with Gasteiger partial charge in [0.2, 0.25) is 5.91 Å². The molecule has 1 aromatic heterocycles. The molecule has 1 aliphatic heterocycles. The maximum Gasteiger partial charge on any atom is 0.220 e. The lowest BCUT2D eigenvalue weighted by molar-refractivity contribution is -0.124. The Labute approximate surface area is 170 Å². The van der Waals surface area contributed by atoms with E-state index >= 15 is 0 Å². The number of pyridine rings is 1. The monoisotopic (exact) mass is 391 g/mol. The average molecular weight is 391 g/mol. The second-order valence-electron chi connectivity index (χ2n) is 7.97. The van der Waals surface area contributed by atoms with Crippen LogP contribution >= 0.6 is 0 Å². The molecular weight excluding hydrogens is 365 g/mol. The first-order valence-corrected chi connectivity index (χ1v) is 10.1. The molecule has 150 valence electrons. The predicted octanol–water partition coefficient (Wildman–Crippen LogP) is 4.24. The number of benzene rings is 2. The molecule has 0 radical (unpaired) electrons. The van der Waals surface area contributed by atoms with Crippen molar-refractivity contribution < 1.29 is 9.18 Å². The van der Waals surface area contributed by atoms with Gasteiger partial charge in [-0.2, -0.15) is 0 Å². The molecule has 3 unspecified atom stereocenters. The minimum atomic E-state index is -0.238. The van der Waals surface area contributed by atoms with Gasteiger partial charge in [0.15, 0.2) is 0 Å². The van der Waals surface area contributed by atoms with E-state index in [0.29, 0.717) is 12.8 Å². The number of amides is 1. The van der Waals surface area contributed by atoms with Crippen molar-refractivity contribution in [1.29, 1.82) is 0 Å². The molecule has 2 N–H and O–H groups in total. The minimum absolute atomic E-state index is 0.121. The third kappa shape index (κ3) is 4.15. The van der Waals surface area contributed by atoms with E-state index in [9.17, 15) is 9.18 Å². The number of hydrogen-bond donors (Lipinski definition) is 1. The summed E-state index contributed by atoms with van der Waals surface area (Å²) in [6.45, 7) is 2.99. The van der Waals surface area contributed by atoms with E-state index in [1.165, 1.54) is 17.0 Å². The van der Waals surface area contributed by atoms with Crippen LogP contribution in [0.3, 0.4) is 0 Å². The number of hydrogen-bond acceptors (Lipinski definition) is 3. The van der Waals surface area contributed by atoms with E-state index in [1.54, 1.807) is 12.1 Å². The van der Waals surface area contributed by atoms with Crippen LogP contribution < -0.4 is 5.73 Å². The van der Waals surface area contributed by atoms with Gasteiger partial charge in [0.05, 0.1) is 0 Å². The molecule has 0 saturated carbocycles. The van der Waals surface area contributed by atoms with Crippen molar-refractivity contribution in [2.24, 2.45) is 11.7 Å². The Bertz CT molecular complexity index is 1020. The molecule has 2 heterocycles. The van der Waals surface area contributed by atoms with Gasteiger partial charge < -0.3 is 5.73 Å². The first kappa shape index (κ1) is 19.5. The highest BCUT2D eigenvalue weighted by molar-refractivity contribution is 5.85. The van der Waals surface area contributed by atoms with Crippen LogP contribution in [0.15, 0.2) is 60.9 Å².